The molecule has 0 aliphatic rings. The van der Waals surface area contributed by atoms with E-state index in [1.165, 1.54) is 0 Å². The highest BCUT2D eigenvalue weighted by atomic mass is 35.5. The number of hydrogen-bond acceptors (Lipinski definition) is 4. The Labute approximate surface area is 152 Å². The Morgan fingerprint density at radius 1 is 1.08 bits per heavy atom. The number of halogens is 1. The van der Waals surface area contributed by atoms with E-state index >= 15 is 0 Å². The lowest BCUT2D eigenvalue weighted by molar-refractivity contribution is -0.123. The molecule has 1 N–H and O–H groups in total. The number of amides is 1. The summed E-state index contributed by atoms with van der Waals surface area (Å²) < 4.78 is 16.2. The van der Waals surface area contributed by atoms with Crippen molar-refractivity contribution in [1.82, 2.24) is 5.32 Å². The number of carbonyl (C=O) groups excluding carboxylic acids is 1. The van der Waals surface area contributed by atoms with Gasteiger partial charge >= 0.3 is 0 Å². The maximum atomic E-state index is 11.9. The molecule has 25 heavy (non-hydrogen) atoms. The standard InChI is InChI=1S/C19H22ClNO4/c1-13-10-17(8-9-18(13)20)25-12-19(22)21-14(2)11-24-16-6-4-15(23-3)5-7-16/h4-10,14H,11-12H2,1-3H3,(H,21,22)/t14-/m0/s1. The van der Waals surface area contributed by atoms with Crippen molar-refractivity contribution < 1.29 is 19.0 Å². The molecule has 0 unspecified atom stereocenters. The van der Waals surface area contributed by atoms with Crippen LogP contribution in [-0.4, -0.2) is 32.3 Å². The van der Waals surface area contributed by atoms with Crippen LogP contribution in [0.25, 0.3) is 0 Å². The van der Waals surface area contributed by atoms with Gasteiger partial charge in [0.25, 0.3) is 5.91 Å². The van der Waals surface area contributed by atoms with E-state index in [4.69, 9.17) is 25.8 Å². The van der Waals surface area contributed by atoms with Crippen LogP contribution in [-0.2, 0) is 4.79 Å². The summed E-state index contributed by atoms with van der Waals surface area (Å²) in [4.78, 5) is 11.9. The number of benzene rings is 2. The molecule has 2 aromatic rings. The Kier molecular flexibility index (Phi) is 6.95. The first-order valence-corrected chi connectivity index (χ1v) is 8.31. The van der Waals surface area contributed by atoms with Gasteiger partial charge in [-0.15, -0.1) is 0 Å². The van der Waals surface area contributed by atoms with Crippen LogP contribution in [0.2, 0.25) is 5.02 Å². The van der Waals surface area contributed by atoms with Crippen LogP contribution in [0.5, 0.6) is 17.2 Å². The second kappa shape index (κ2) is 9.18. The summed E-state index contributed by atoms with van der Waals surface area (Å²) in [5, 5.41) is 3.50. The number of methoxy groups -OCH3 is 1. The third-order valence-electron chi connectivity index (χ3n) is 3.47. The first-order chi connectivity index (χ1) is 12.0. The van der Waals surface area contributed by atoms with E-state index in [-0.39, 0.29) is 18.6 Å². The van der Waals surface area contributed by atoms with Crippen molar-refractivity contribution >= 4 is 17.5 Å². The van der Waals surface area contributed by atoms with Crippen LogP contribution < -0.4 is 19.5 Å². The average Bonchev–Trinajstić information content (AvgIpc) is 2.61. The van der Waals surface area contributed by atoms with E-state index in [1.54, 1.807) is 25.3 Å². The molecule has 0 heterocycles. The molecule has 1 atom stereocenters. The highest BCUT2D eigenvalue weighted by Crippen LogP contribution is 2.21. The zero-order chi connectivity index (χ0) is 18.2. The van der Waals surface area contributed by atoms with Gasteiger partial charge in [0.2, 0.25) is 0 Å². The van der Waals surface area contributed by atoms with E-state index < -0.39 is 0 Å². The molecule has 1 amide bonds. The quantitative estimate of drug-likeness (QED) is 0.778. The molecule has 2 rings (SSSR count). The monoisotopic (exact) mass is 363 g/mol. The molecule has 6 heteroatoms. The second-order valence-electron chi connectivity index (χ2n) is 5.65. The van der Waals surface area contributed by atoms with Crippen molar-refractivity contribution in [1.29, 1.82) is 0 Å². The van der Waals surface area contributed by atoms with Crippen molar-refractivity contribution in [3.05, 3.63) is 53.1 Å². The number of carbonyl (C=O) groups is 1. The van der Waals surface area contributed by atoms with Crippen molar-refractivity contribution in [2.75, 3.05) is 20.3 Å². The summed E-state index contributed by atoms with van der Waals surface area (Å²) >= 11 is 5.96. The fraction of sp³-hybridized carbons (Fsp3) is 0.316. The van der Waals surface area contributed by atoms with Gasteiger partial charge in [0.1, 0.15) is 23.9 Å². The fourth-order valence-corrected chi connectivity index (χ4v) is 2.22. The van der Waals surface area contributed by atoms with Gasteiger partial charge in [-0.25, -0.2) is 0 Å². The number of ether oxygens (including phenoxy) is 3. The summed E-state index contributed by atoms with van der Waals surface area (Å²) in [6.45, 7) is 4.05. The molecular formula is C19H22ClNO4. The molecule has 0 aliphatic carbocycles. The summed E-state index contributed by atoms with van der Waals surface area (Å²) in [5.74, 6) is 1.88. The topological polar surface area (TPSA) is 56.8 Å². The van der Waals surface area contributed by atoms with Gasteiger partial charge in [0, 0.05) is 5.02 Å². The highest BCUT2D eigenvalue weighted by Gasteiger charge is 2.09. The lowest BCUT2D eigenvalue weighted by Crippen LogP contribution is -2.39. The molecule has 0 saturated carbocycles. The van der Waals surface area contributed by atoms with Crippen LogP contribution in [0.15, 0.2) is 42.5 Å². The van der Waals surface area contributed by atoms with E-state index in [1.807, 2.05) is 38.1 Å². The Bertz CT molecular complexity index is 703. The molecule has 134 valence electrons. The predicted octanol–water partition coefficient (Wildman–Crippen LogP) is 3.62. The normalized spacial score (nSPS) is 11.5. The van der Waals surface area contributed by atoms with Crippen molar-refractivity contribution in [3.63, 3.8) is 0 Å². The molecule has 0 radical (unpaired) electrons. The van der Waals surface area contributed by atoms with E-state index in [2.05, 4.69) is 5.32 Å². The van der Waals surface area contributed by atoms with Crippen LogP contribution in [0.4, 0.5) is 0 Å². The fourth-order valence-electron chi connectivity index (χ4n) is 2.11. The molecule has 0 bridgehead atoms. The second-order valence-corrected chi connectivity index (χ2v) is 6.06. The molecule has 0 fully saturated rings. The minimum Gasteiger partial charge on any atom is -0.497 e. The minimum atomic E-state index is -0.210. The van der Waals surface area contributed by atoms with Crippen LogP contribution >= 0.6 is 11.6 Å². The maximum absolute atomic E-state index is 11.9. The van der Waals surface area contributed by atoms with Crippen LogP contribution in [0, 0.1) is 6.92 Å². The van der Waals surface area contributed by atoms with E-state index in [0.717, 1.165) is 17.1 Å². The number of aryl methyl sites for hydroxylation is 1. The molecule has 0 aromatic heterocycles. The van der Waals surface area contributed by atoms with E-state index in [9.17, 15) is 4.79 Å². The zero-order valence-electron chi connectivity index (χ0n) is 14.5. The van der Waals surface area contributed by atoms with Gasteiger partial charge in [-0.1, -0.05) is 11.6 Å². The van der Waals surface area contributed by atoms with Gasteiger partial charge in [-0.2, -0.15) is 0 Å². The third-order valence-corrected chi connectivity index (χ3v) is 3.89. The molecule has 2 aromatic carbocycles. The SMILES string of the molecule is COc1ccc(OC[C@H](C)NC(=O)COc2ccc(Cl)c(C)c2)cc1. The Hall–Kier alpha value is -2.40. The number of hydrogen-bond donors (Lipinski definition) is 1. The summed E-state index contributed by atoms with van der Waals surface area (Å²) in [5.41, 5.74) is 0.904. The molecule has 0 aliphatic heterocycles. The van der Waals surface area contributed by atoms with Crippen molar-refractivity contribution in [2.45, 2.75) is 19.9 Å². The zero-order valence-corrected chi connectivity index (χ0v) is 15.3. The molecule has 5 nitrogen and oxygen atoms in total. The lowest BCUT2D eigenvalue weighted by Gasteiger charge is -2.15. The summed E-state index contributed by atoms with van der Waals surface area (Å²) in [6, 6.07) is 12.4. The van der Waals surface area contributed by atoms with Crippen LogP contribution in [0.3, 0.4) is 0 Å². The lowest BCUT2D eigenvalue weighted by atomic mass is 10.2. The van der Waals surface area contributed by atoms with Gasteiger partial charge in [0.05, 0.1) is 13.2 Å². The number of nitrogens with one attached hydrogen (secondary N) is 1. The smallest absolute Gasteiger partial charge is 0.258 e. The Balaban J connectivity index is 1.72. The van der Waals surface area contributed by atoms with Crippen molar-refractivity contribution in [3.8, 4) is 17.2 Å². The summed E-state index contributed by atoms with van der Waals surface area (Å²) in [7, 11) is 1.61. The first kappa shape index (κ1) is 18.9. The average molecular weight is 364 g/mol. The maximum Gasteiger partial charge on any atom is 0.258 e. The summed E-state index contributed by atoms with van der Waals surface area (Å²) in [6.07, 6.45) is 0. The van der Waals surface area contributed by atoms with Gasteiger partial charge < -0.3 is 19.5 Å². The first-order valence-electron chi connectivity index (χ1n) is 7.93. The van der Waals surface area contributed by atoms with Crippen molar-refractivity contribution in [2.24, 2.45) is 0 Å². The predicted molar refractivity (Wildman–Crippen MR) is 97.8 cm³/mol. The van der Waals surface area contributed by atoms with Gasteiger partial charge in [-0.05, 0) is 61.9 Å². The van der Waals surface area contributed by atoms with Crippen LogP contribution in [0.1, 0.15) is 12.5 Å². The minimum absolute atomic E-state index is 0.0616. The molecule has 0 saturated heterocycles. The Morgan fingerprint density at radius 2 is 1.72 bits per heavy atom. The van der Waals surface area contributed by atoms with E-state index in [0.29, 0.717) is 17.4 Å². The molecule has 0 spiro atoms. The largest absolute Gasteiger partial charge is 0.497 e. The number of rotatable bonds is 8. The highest BCUT2D eigenvalue weighted by molar-refractivity contribution is 6.31. The van der Waals surface area contributed by atoms with Gasteiger partial charge in [0.15, 0.2) is 6.61 Å². The van der Waals surface area contributed by atoms with Gasteiger partial charge in [-0.3, -0.25) is 4.79 Å². The molecular weight excluding hydrogens is 342 g/mol. The Morgan fingerprint density at radius 3 is 2.36 bits per heavy atom. The third kappa shape index (κ3) is 6.19.